The Hall–Kier alpha value is -2.33. The lowest BCUT2D eigenvalue weighted by Crippen LogP contribution is -2.35. The minimum Gasteiger partial charge on any atom is -0.493 e. The summed E-state index contributed by atoms with van der Waals surface area (Å²) in [5.74, 6) is 2.12. The largest absolute Gasteiger partial charge is 0.493 e. The minimum atomic E-state index is -0.0585. The van der Waals surface area contributed by atoms with Crippen LogP contribution in [0.4, 0.5) is 0 Å². The number of rotatable bonds is 12. The summed E-state index contributed by atoms with van der Waals surface area (Å²) in [6, 6.07) is 5.71. The first kappa shape index (κ1) is 22.0. The van der Waals surface area contributed by atoms with Crippen LogP contribution in [0.5, 0.6) is 11.5 Å². The third-order valence-electron chi connectivity index (χ3n) is 4.19. The lowest BCUT2D eigenvalue weighted by Gasteiger charge is -2.22. The molecule has 28 heavy (non-hydrogen) atoms. The highest BCUT2D eigenvalue weighted by Gasteiger charge is 2.14. The third kappa shape index (κ3) is 6.38. The number of aliphatic hydroxyl groups is 1. The van der Waals surface area contributed by atoms with Crippen molar-refractivity contribution in [2.45, 2.75) is 24.4 Å². The summed E-state index contributed by atoms with van der Waals surface area (Å²) in [7, 11) is 4.97. The summed E-state index contributed by atoms with van der Waals surface area (Å²) < 4.78 is 12.2. The molecule has 154 valence electrons. The first-order valence-corrected chi connectivity index (χ1v) is 10.0. The van der Waals surface area contributed by atoms with Gasteiger partial charge >= 0.3 is 0 Å². The number of benzene rings is 1. The molecule has 0 saturated carbocycles. The van der Waals surface area contributed by atoms with E-state index in [2.05, 4.69) is 15.5 Å². The molecule has 0 spiro atoms. The highest BCUT2D eigenvalue weighted by atomic mass is 32.2. The van der Waals surface area contributed by atoms with Crippen LogP contribution in [-0.2, 0) is 18.3 Å². The zero-order chi connectivity index (χ0) is 20.4. The van der Waals surface area contributed by atoms with E-state index in [1.54, 1.807) is 30.8 Å². The number of carbonyl (C=O) groups excluding carboxylic acids is 1. The molecule has 0 radical (unpaired) electrons. The summed E-state index contributed by atoms with van der Waals surface area (Å²) in [5.41, 5.74) is 1.04. The van der Waals surface area contributed by atoms with Gasteiger partial charge < -0.3 is 19.5 Å². The number of ether oxygens (including phenoxy) is 2. The number of methoxy groups -OCH3 is 2. The molecule has 1 aromatic heterocycles. The first-order valence-electron chi connectivity index (χ1n) is 9.03. The van der Waals surface area contributed by atoms with E-state index in [9.17, 15) is 9.90 Å². The number of aliphatic hydroxyl groups excluding tert-OH is 1. The van der Waals surface area contributed by atoms with Gasteiger partial charge in [-0.1, -0.05) is 17.8 Å². The van der Waals surface area contributed by atoms with E-state index in [1.165, 1.54) is 11.8 Å². The average molecular weight is 410 g/mol. The third-order valence-corrected chi connectivity index (χ3v) is 5.29. The maximum atomic E-state index is 12.5. The standard InChI is InChI=1S/C18H27N5O4S/c1-22-18(19-20-21-22)28-12-4-5-17(25)23(10-11-24)9-8-14-6-7-15(26-2)16(13-14)27-3/h6-7,13,24H,4-5,8-12H2,1-3H3. The Balaban J connectivity index is 1.82. The maximum absolute atomic E-state index is 12.5. The molecule has 1 heterocycles. The minimum absolute atomic E-state index is 0.0335. The van der Waals surface area contributed by atoms with Crippen molar-refractivity contribution in [3.63, 3.8) is 0 Å². The van der Waals surface area contributed by atoms with Gasteiger partial charge in [0.15, 0.2) is 11.5 Å². The second kappa shape index (κ2) is 11.5. The molecule has 0 fully saturated rings. The van der Waals surface area contributed by atoms with Crippen molar-refractivity contribution in [3.05, 3.63) is 23.8 Å². The van der Waals surface area contributed by atoms with E-state index in [4.69, 9.17) is 9.47 Å². The van der Waals surface area contributed by atoms with Gasteiger partial charge in [-0.2, -0.15) is 0 Å². The van der Waals surface area contributed by atoms with Gasteiger partial charge in [0.05, 0.1) is 20.8 Å². The van der Waals surface area contributed by atoms with Gasteiger partial charge in [0.1, 0.15) is 0 Å². The molecule has 2 rings (SSSR count). The van der Waals surface area contributed by atoms with Crippen LogP contribution in [0.15, 0.2) is 23.4 Å². The molecule has 0 aliphatic carbocycles. The molecule has 2 aromatic rings. The second-order valence-electron chi connectivity index (χ2n) is 6.08. The van der Waals surface area contributed by atoms with Crippen LogP contribution in [0, 0.1) is 0 Å². The van der Waals surface area contributed by atoms with Crippen LogP contribution in [0.1, 0.15) is 18.4 Å². The lowest BCUT2D eigenvalue weighted by molar-refractivity contribution is -0.131. The van der Waals surface area contributed by atoms with Crippen LogP contribution in [0.2, 0.25) is 0 Å². The Morgan fingerprint density at radius 2 is 2.04 bits per heavy atom. The Bertz CT molecular complexity index is 755. The molecule has 0 aliphatic rings. The Morgan fingerprint density at radius 3 is 2.68 bits per heavy atom. The molecule has 9 nitrogen and oxygen atoms in total. The number of amides is 1. The van der Waals surface area contributed by atoms with E-state index in [1.807, 2.05) is 18.2 Å². The van der Waals surface area contributed by atoms with Crippen molar-refractivity contribution in [1.29, 1.82) is 0 Å². The number of carbonyl (C=O) groups is 1. The Labute approximate surface area is 169 Å². The number of aromatic nitrogens is 4. The van der Waals surface area contributed by atoms with Crippen molar-refractivity contribution in [2.24, 2.45) is 7.05 Å². The summed E-state index contributed by atoms with van der Waals surface area (Å²) in [5, 5.41) is 21.3. The van der Waals surface area contributed by atoms with Gasteiger partial charge in [0, 0.05) is 32.3 Å². The predicted molar refractivity (Wildman–Crippen MR) is 106 cm³/mol. The van der Waals surface area contributed by atoms with Crippen molar-refractivity contribution >= 4 is 17.7 Å². The normalized spacial score (nSPS) is 10.7. The van der Waals surface area contributed by atoms with Gasteiger partial charge in [-0.3, -0.25) is 4.79 Å². The number of tetrazole rings is 1. The van der Waals surface area contributed by atoms with Gasteiger partial charge in [-0.15, -0.1) is 5.10 Å². The zero-order valence-electron chi connectivity index (χ0n) is 16.5. The van der Waals surface area contributed by atoms with Crippen molar-refractivity contribution in [1.82, 2.24) is 25.1 Å². The van der Waals surface area contributed by atoms with E-state index < -0.39 is 0 Å². The lowest BCUT2D eigenvalue weighted by atomic mass is 10.1. The maximum Gasteiger partial charge on any atom is 0.222 e. The molecular weight excluding hydrogens is 382 g/mol. The first-order chi connectivity index (χ1) is 13.6. The summed E-state index contributed by atoms with van der Waals surface area (Å²) in [6.07, 6.45) is 1.81. The van der Waals surface area contributed by atoms with Crippen LogP contribution in [0.3, 0.4) is 0 Å². The van der Waals surface area contributed by atoms with Crippen LogP contribution >= 0.6 is 11.8 Å². The summed E-state index contributed by atoms with van der Waals surface area (Å²) in [6.45, 7) is 0.804. The molecule has 0 aliphatic heterocycles. The fourth-order valence-electron chi connectivity index (χ4n) is 2.67. The topological polar surface area (TPSA) is 103 Å². The van der Waals surface area contributed by atoms with E-state index >= 15 is 0 Å². The van der Waals surface area contributed by atoms with E-state index in [-0.39, 0.29) is 12.5 Å². The van der Waals surface area contributed by atoms with Gasteiger partial charge in [-0.25, -0.2) is 4.68 Å². The molecule has 1 N–H and O–H groups in total. The van der Waals surface area contributed by atoms with Crippen LogP contribution in [-0.4, -0.2) is 75.8 Å². The van der Waals surface area contributed by atoms with Crippen molar-refractivity contribution < 1.29 is 19.4 Å². The number of aryl methyl sites for hydroxylation is 1. The SMILES string of the molecule is COc1ccc(CCN(CCO)C(=O)CCCSc2nnnn2C)cc1OC. The summed E-state index contributed by atoms with van der Waals surface area (Å²) in [4.78, 5) is 14.2. The monoisotopic (exact) mass is 409 g/mol. The molecule has 10 heteroatoms. The molecule has 0 unspecified atom stereocenters. The molecule has 0 bridgehead atoms. The Kier molecular flexibility index (Phi) is 9.02. The highest BCUT2D eigenvalue weighted by Crippen LogP contribution is 2.27. The second-order valence-corrected chi connectivity index (χ2v) is 7.14. The highest BCUT2D eigenvalue weighted by molar-refractivity contribution is 7.99. The fraction of sp³-hybridized carbons (Fsp3) is 0.556. The average Bonchev–Trinajstić information content (AvgIpc) is 3.12. The van der Waals surface area contributed by atoms with Crippen LogP contribution in [0.25, 0.3) is 0 Å². The smallest absolute Gasteiger partial charge is 0.222 e. The molecule has 1 amide bonds. The molecular formula is C18H27N5O4S. The number of thioether (sulfide) groups is 1. The quantitative estimate of drug-likeness (QED) is 0.412. The van der Waals surface area contributed by atoms with Gasteiger partial charge in [0.2, 0.25) is 11.1 Å². The van der Waals surface area contributed by atoms with E-state index in [0.29, 0.717) is 43.9 Å². The summed E-state index contributed by atoms with van der Waals surface area (Å²) >= 11 is 1.52. The van der Waals surface area contributed by atoms with Gasteiger partial charge in [-0.05, 0) is 41.0 Å². The molecule has 0 atom stereocenters. The number of nitrogens with zero attached hydrogens (tertiary/aromatic N) is 5. The fourth-order valence-corrected chi connectivity index (χ4v) is 3.46. The number of hydrogen-bond acceptors (Lipinski definition) is 8. The molecule has 1 aromatic carbocycles. The molecule has 0 saturated heterocycles. The van der Waals surface area contributed by atoms with E-state index in [0.717, 1.165) is 16.5 Å². The van der Waals surface area contributed by atoms with Crippen LogP contribution < -0.4 is 9.47 Å². The van der Waals surface area contributed by atoms with Crippen molar-refractivity contribution in [3.8, 4) is 11.5 Å². The van der Waals surface area contributed by atoms with Crippen molar-refractivity contribution in [2.75, 3.05) is 39.7 Å². The van der Waals surface area contributed by atoms with Gasteiger partial charge in [0.25, 0.3) is 0 Å². The Morgan fingerprint density at radius 1 is 1.25 bits per heavy atom. The predicted octanol–water partition coefficient (Wildman–Crippen LogP) is 1.16. The number of hydrogen-bond donors (Lipinski definition) is 1. The zero-order valence-corrected chi connectivity index (χ0v) is 17.3.